The number of carboxylic acids is 1. The van der Waals surface area contributed by atoms with Gasteiger partial charge in [-0.05, 0) is 18.6 Å². The third kappa shape index (κ3) is 4.44. The minimum absolute atomic E-state index is 0.0472. The van der Waals surface area contributed by atoms with Gasteiger partial charge in [0.2, 0.25) is 5.91 Å². The summed E-state index contributed by atoms with van der Waals surface area (Å²) in [5.74, 6) is -0.806. The van der Waals surface area contributed by atoms with Crippen molar-refractivity contribution in [2.75, 3.05) is 25.6 Å². The molecule has 3 N–H and O–H groups in total. The number of carboxylic acid groups (broad SMARTS) is 1. The van der Waals surface area contributed by atoms with Crippen molar-refractivity contribution in [2.45, 2.75) is 18.6 Å². The zero-order valence-corrected chi connectivity index (χ0v) is 11.7. The first-order valence-corrected chi connectivity index (χ1v) is 6.60. The zero-order valence-electron chi connectivity index (χ0n) is 11.7. The number of ether oxygens (including phenoxy) is 2. The molecule has 1 aromatic rings. The monoisotopic (exact) mass is 294 g/mol. The van der Waals surface area contributed by atoms with Gasteiger partial charge in [-0.2, -0.15) is 0 Å². The molecular weight excluding hydrogens is 276 g/mol. The van der Waals surface area contributed by atoms with E-state index in [-0.39, 0.29) is 18.1 Å². The fourth-order valence-corrected chi connectivity index (χ4v) is 2.12. The molecule has 0 bridgehead atoms. The molecule has 1 heterocycles. The molecule has 1 saturated heterocycles. The Morgan fingerprint density at radius 1 is 1.48 bits per heavy atom. The molecule has 1 fully saturated rings. The minimum Gasteiger partial charge on any atom is -0.482 e. The van der Waals surface area contributed by atoms with Crippen LogP contribution in [0, 0.1) is 0 Å². The number of amides is 1. The molecule has 1 aromatic carbocycles. The van der Waals surface area contributed by atoms with Crippen LogP contribution in [0.25, 0.3) is 0 Å². The summed E-state index contributed by atoms with van der Waals surface area (Å²) in [5, 5.41) is 14.4. The molecule has 0 saturated carbocycles. The fourth-order valence-electron chi connectivity index (χ4n) is 2.12. The molecule has 2 unspecified atom stereocenters. The SMILES string of the molecule is COC1CNC(C(=O)Nc2cccc(OCC(=O)O)c2)C1. The summed E-state index contributed by atoms with van der Waals surface area (Å²) in [4.78, 5) is 22.5. The quantitative estimate of drug-likeness (QED) is 0.705. The van der Waals surface area contributed by atoms with Crippen LogP contribution < -0.4 is 15.4 Å². The van der Waals surface area contributed by atoms with Gasteiger partial charge in [-0.25, -0.2) is 4.79 Å². The topological polar surface area (TPSA) is 96.9 Å². The standard InChI is InChI=1S/C14H18N2O5/c1-20-11-6-12(15-7-11)14(19)16-9-3-2-4-10(5-9)21-8-13(17)18/h2-5,11-12,15H,6-8H2,1H3,(H,16,19)(H,17,18). The van der Waals surface area contributed by atoms with Crippen LogP contribution in [0.1, 0.15) is 6.42 Å². The first kappa shape index (κ1) is 15.3. The maximum atomic E-state index is 12.1. The minimum atomic E-state index is -1.05. The Bertz CT molecular complexity index is 520. The number of benzene rings is 1. The molecule has 2 rings (SSSR count). The highest BCUT2D eigenvalue weighted by Crippen LogP contribution is 2.18. The summed E-state index contributed by atoms with van der Waals surface area (Å²) in [6, 6.07) is 6.33. The Morgan fingerprint density at radius 3 is 2.95 bits per heavy atom. The number of carbonyl (C=O) groups excluding carboxylic acids is 1. The Hall–Kier alpha value is -2.12. The van der Waals surface area contributed by atoms with Crippen molar-refractivity contribution in [1.82, 2.24) is 5.32 Å². The number of rotatable bonds is 6. The molecule has 21 heavy (non-hydrogen) atoms. The van der Waals surface area contributed by atoms with E-state index in [2.05, 4.69) is 10.6 Å². The molecule has 1 aliphatic rings. The normalized spacial score (nSPS) is 21.0. The van der Waals surface area contributed by atoms with Gasteiger partial charge in [0.25, 0.3) is 0 Å². The van der Waals surface area contributed by atoms with Crippen molar-refractivity contribution in [3.8, 4) is 5.75 Å². The van der Waals surface area contributed by atoms with Crippen LogP contribution >= 0.6 is 0 Å². The molecule has 0 aromatic heterocycles. The van der Waals surface area contributed by atoms with Gasteiger partial charge < -0.3 is 25.2 Å². The van der Waals surface area contributed by atoms with Crippen LogP contribution in [0.15, 0.2) is 24.3 Å². The molecular formula is C14H18N2O5. The second-order valence-electron chi connectivity index (χ2n) is 4.75. The lowest BCUT2D eigenvalue weighted by Crippen LogP contribution is -2.35. The number of anilines is 1. The lowest BCUT2D eigenvalue weighted by Gasteiger charge is -2.12. The highest BCUT2D eigenvalue weighted by molar-refractivity contribution is 5.95. The van der Waals surface area contributed by atoms with E-state index in [1.165, 1.54) is 0 Å². The fraction of sp³-hybridized carbons (Fsp3) is 0.429. The van der Waals surface area contributed by atoms with E-state index in [4.69, 9.17) is 14.6 Å². The predicted molar refractivity (Wildman–Crippen MR) is 75.4 cm³/mol. The molecule has 0 radical (unpaired) electrons. The van der Waals surface area contributed by atoms with Gasteiger partial charge in [0.05, 0.1) is 12.1 Å². The lowest BCUT2D eigenvalue weighted by molar-refractivity contribution is -0.139. The molecule has 114 valence electrons. The molecule has 0 spiro atoms. The van der Waals surface area contributed by atoms with Crippen molar-refractivity contribution in [2.24, 2.45) is 0 Å². The second-order valence-corrected chi connectivity index (χ2v) is 4.75. The molecule has 1 amide bonds. The van der Waals surface area contributed by atoms with Crippen molar-refractivity contribution in [3.63, 3.8) is 0 Å². The summed E-state index contributed by atoms with van der Waals surface area (Å²) in [6.07, 6.45) is 0.670. The van der Waals surface area contributed by atoms with Crippen molar-refractivity contribution >= 4 is 17.6 Å². The summed E-state index contributed by atoms with van der Waals surface area (Å²) in [5.41, 5.74) is 0.561. The van der Waals surface area contributed by atoms with Gasteiger partial charge in [0, 0.05) is 25.4 Å². The highest BCUT2D eigenvalue weighted by Gasteiger charge is 2.29. The first-order chi connectivity index (χ1) is 10.1. The van der Waals surface area contributed by atoms with Gasteiger partial charge in [-0.1, -0.05) is 6.07 Å². The number of methoxy groups -OCH3 is 1. The van der Waals surface area contributed by atoms with E-state index in [1.807, 2.05) is 0 Å². The van der Waals surface area contributed by atoms with E-state index in [0.29, 0.717) is 24.4 Å². The molecule has 7 nitrogen and oxygen atoms in total. The first-order valence-electron chi connectivity index (χ1n) is 6.60. The highest BCUT2D eigenvalue weighted by atomic mass is 16.5. The van der Waals surface area contributed by atoms with Crippen LogP contribution in [0.2, 0.25) is 0 Å². The van der Waals surface area contributed by atoms with Crippen molar-refractivity contribution in [1.29, 1.82) is 0 Å². The van der Waals surface area contributed by atoms with Crippen LogP contribution in [-0.2, 0) is 14.3 Å². The Morgan fingerprint density at radius 2 is 2.29 bits per heavy atom. The van der Waals surface area contributed by atoms with Gasteiger partial charge in [0.15, 0.2) is 6.61 Å². The molecule has 7 heteroatoms. The van der Waals surface area contributed by atoms with E-state index >= 15 is 0 Å². The average molecular weight is 294 g/mol. The maximum absolute atomic E-state index is 12.1. The Balaban J connectivity index is 1.91. The average Bonchev–Trinajstić information content (AvgIpc) is 2.94. The zero-order chi connectivity index (χ0) is 15.2. The largest absolute Gasteiger partial charge is 0.482 e. The van der Waals surface area contributed by atoms with E-state index in [0.717, 1.165) is 0 Å². The van der Waals surface area contributed by atoms with E-state index in [1.54, 1.807) is 31.4 Å². The molecule has 2 atom stereocenters. The summed E-state index contributed by atoms with van der Waals surface area (Å²) < 4.78 is 10.3. The van der Waals surface area contributed by atoms with Crippen molar-refractivity contribution < 1.29 is 24.2 Å². The van der Waals surface area contributed by atoms with Crippen LogP contribution in [0.3, 0.4) is 0 Å². The molecule has 0 aliphatic carbocycles. The van der Waals surface area contributed by atoms with Crippen LogP contribution in [0.4, 0.5) is 5.69 Å². The summed E-state index contributed by atoms with van der Waals surface area (Å²) in [7, 11) is 1.62. The number of hydrogen-bond acceptors (Lipinski definition) is 5. The predicted octanol–water partition coefficient (Wildman–Crippen LogP) is 0.465. The maximum Gasteiger partial charge on any atom is 0.341 e. The number of aliphatic carboxylic acids is 1. The Labute approximate surface area is 122 Å². The van der Waals surface area contributed by atoms with E-state index in [9.17, 15) is 9.59 Å². The number of carbonyl (C=O) groups is 2. The molecule has 1 aliphatic heterocycles. The lowest BCUT2D eigenvalue weighted by atomic mass is 10.2. The second kappa shape index (κ2) is 7.05. The summed E-state index contributed by atoms with van der Waals surface area (Å²) >= 11 is 0. The Kier molecular flexibility index (Phi) is 5.13. The number of hydrogen-bond donors (Lipinski definition) is 3. The summed E-state index contributed by atoms with van der Waals surface area (Å²) in [6.45, 7) is 0.230. The van der Waals surface area contributed by atoms with Gasteiger partial charge in [-0.3, -0.25) is 4.79 Å². The van der Waals surface area contributed by atoms with Gasteiger partial charge in [-0.15, -0.1) is 0 Å². The third-order valence-electron chi connectivity index (χ3n) is 3.20. The smallest absolute Gasteiger partial charge is 0.341 e. The van der Waals surface area contributed by atoms with Crippen LogP contribution in [-0.4, -0.2) is 49.4 Å². The van der Waals surface area contributed by atoms with Gasteiger partial charge in [0.1, 0.15) is 5.75 Å². The van der Waals surface area contributed by atoms with Gasteiger partial charge >= 0.3 is 5.97 Å². The van der Waals surface area contributed by atoms with Crippen LogP contribution in [0.5, 0.6) is 5.75 Å². The number of nitrogens with one attached hydrogen (secondary N) is 2. The van der Waals surface area contributed by atoms with E-state index < -0.39 is 12.6 Å². The third-order valence-corrected chi connectivity index (χ3v) is 3.20. The van der Waals surface area contributed by atoms with Crippen molar-refractivity contribution in [3.05, 3.63) is 24.3 Å².